The molecular weight excluding hydrogens is 215 g/mol. The van der Waals surface area contributed by atoms with E-state index in [1.807, 2.05) is 28.1 Å². The van der Waals surface area contributed by atoms with Crippen LogP contribution in [0, 0.1) is 0 Å². The molecule has 0 N–H and O–H groups in total. The van der Waals surface area contributed by atoms with Crippen LogP contribution in [-0.4, -0.2) is 24.2 Å². The fraction of sp³-hybridized carbons (Fsp3) is 0.615. The van der Waals surface area contributed by atoms with Crippen LogP contribution in [0.15, 0.2) is 25.5 Å². The largest absolute Gasteiger partial charge is 0.505 e. The zero-order valence-electron chi connectivity index (χ0n) is 11.3. The highest BCUT2D eigenvalue weighted by molar-refractivity contribution is 6.43. The molecule has 0 saturated carbocycles. The summed E-state index contributed by atoms with van der Waals surface area (Å²) in [6, 6.07) is 0. The topological polar surface area (TPSA) is 35.5 Å². The van der Waals surface area contributed by atoms with E-state index < -0.39 is 17.0 Å². The number of hydrogen-bond acceptors (Lipinski definition) is 3. The Labute approximate surface area is 105 Å². The molecule has 0 spiro atoms. The van der Waals surface area contributed by atoms with E-state index in [1.54, 1.807) is 0 Å². The molecule has 0 aliphatic heterocycles. The molecular formula is C13H22BO3. The maximum atomic E-state index is 11.2. The second-order valence-electron chi connectivity index (χ2n) is 4.72. The van der Waals surface area contributed by atoms with Gasteiger partial charge in [0.1, 0.15) is 0 Å². The van der Waals surface area contributed by atoms with Crippen molar-refractivity contribution in [3.8, 4) is 0 Å². The van der Waals surface area contributed by atoms with Gasteiger partial charge < -0.3 is 9.47 Å². The Hall–Kier alpha value is -1.19. The minimum Gasteiger partial charge on any atom is -0.505 e. The molecule has 1 atom stereocenters. The van der Waals surface area contributed by atoms with Gasteiger partial charge in [0, 0.05) is 6.08 Å². The van der Waals surface area contributed by atoms with Crippen LogP contribution in [0.25, 0.3) is 0 Å². The zero-order valence-corrected chi connectivity index (χ0v) is 11.3. The molecule has 0 bridgehead atoms. The third-order valence-electron chi connectivity index (χ3n) is 2.28. The molecule has 0 aliphatic rings. The predicted octanol–water partition coefficient (Wildman–Crippen LogP) is 2.83. The van der Waals surface area contributed by atoms with Crippen molar-refractivity contribution in [2.24, 2.45) is 0 Å². The van der Waals surface area contributed by atoms with Gasteiger partial charge in [-0.2, -0.15) is 0 Å². The number of esters is 1. The van der Waals surface area contributed by atoms with E-state index >= 15 is 0 Å². The molecule has 1 radical (unpaired) electrons. The van der Waals surface area contributed by atoms with E-state index in [4.69, 9.17) is 9.47 Å². The Morgan fingerprint density at radius 3 is 2.35 bits per heavy atom. The van der Waals surface area contributed by atoms with Gasteiger partial charge in [-0.05, 0) is 27.2 Å². The fourth-order valence-electron chi connectivity index (χ4n) is 1.92. The van der Waals surface area contributed by atoms with Crippen molar-refractivity contribution in [1.82, 2.24) is 0 Å². The standard InChI is InChI=1S/C13H22BO3/c1-7-10-13(6,16-9-3)14-12(4,5)17-11(15)8-2/h8-9H,2-3,7,10H2,1,4-6H3. The lowest BCUT2D eigenvalue weighted by molar-refractivity contribution is -0.144. The van der Waals surface area contributed by atoms with Crippen LogP contribution in [0.4, 0.5) is 0 Å². The van der Waals surface area contributed by atoms with Crippen molar-refractivity contribution in [2.75, 3.05) is 0 Å². The summed E-state index contributed by atoms with van der Waals surface area (Å²) in [6.45, 7) is 14.6. The zero-order chi connectivity index (χ0) is 13.5. The van der Waals surface area contributed by atoms with Gasteiger partial charge in [0.15, 0.2) is 0 Å². The number of carbonyl (C=O) groups is 1. The van der Waals surface area contributed by atoms with Crippen LogP contribution in [0.5, 0.6) is 0 Å². The molecule has 0 heterocycles. The SMILES string of the molecule is C=COC(C)([B]C(C)(C)OC(=O)C=C)CCC. The molecule has 0 saturated heterocycles. The summed E-state index contributed by atoms with van der Waals surface area (Å²) >= 11 is 0. The summed E-state index contributed by atoms with van der Waals surface area (Å²) in [7, 11) is 1.88. The molecule has 3 nitrogen and oxygen atoms in total. The Morgan fingerprint density at radius 1 is 1.35 bits per heavy atom. The van der Waals surface area contributed by atoms with Crippen molar-refractivity contribution in [3.05, 3.63) is 25.5 Å². The molecule has 1 unspecified atom stereocenters. The molecule has 0 rings (SSSR count). The number of ether oxygens (including phenoxy) is 2. The summed E-state index contributed by atoms with van der Waals surface area (Å²) in [5.74, 6) is -0.441. The highest BCUT2D eigenvalue weighted by Gasteiger charge is 2.37. The third-order valence-corrected chi connectivity index (χ3v) is 2.28. The first kappa shape index (κ1) is 15.8. The highest BCUT2D eigenvalue weighted by atomic mass is 16.6. The van der Waals surface area contributed by atoms with Gasteiger partial charge in [-0.1, -0.05) is 26.5 Å². The van der Waals surface area contributed by atoms with Crippen molar-refractivity contribution in [2.45, 2.75) is 51.5 Å². The molecule has 0 aliphatic carbocycles. The van der Waals surface area contributed by atoms with E-state index in [-0.39, 0.29) is 0 Å². The van der Waals surface area contributed by atoms with Crippen LogP contribution in [0.2, 0.25) is 0 Å². The quantitative estimate of drug-likeness (QED) is 0.282. The van der Waals surface area contributed by atoms with Crippen LogP contribution in [0.1, 0.15) is 40.5 Å². The van der Waals surface area contributed by atoms with Crippen LogP contribution in [0.3, 0.4) is 0 Å². The minimum absolute atomic E-state index is 0.441. The molecule has 95 valence electrons. The third kappa shape index (κ3) is 6.20. The van der Waals surface area contributed by atoms with Crippen molar-refractivity contribution in [1.29, 1.82) is 0 Å². The van der Waals surface area contributed by atoms with Crippen LogP contribution < -0.4 is 0 Å². The van der Waals surface area contributed by atoms with Crippen molar-refractivity contribution < 1.29 is 14.3 Å². The second-order valence-corrected chi connectivity index (χ2v) is 4.72. The number of carbonyl (C=O) groups excluding carboxylic acids is 1. The lowest BCUT2D eigenvalue weighted by Gasteiger charge is -2.35. The first-order chi connectivity index (χ1) is 7.78. The molecule has 0 amide bonds. The van der Waals surface area contributed by atoms with Crippen molar-refractivity contribution in [3.63, 3.8) is 0 Å². The molecule has 0 fully saturated rings. The second kappa shape index (κ2) is 6.53. The molecule has 0 aromatic rings. The Morgan fingerprint density at radius 2 is 1.94 bits per heavy atom. The van der Waals surface area contributed by atoms with Crippen LogP contribution >= 0.6 is 0 Å². The average Bonchev–Trinajstić information content (AvgIpc) is 2.15. The summed E-state index contributed by atoms with van der Waals surface area (Å²) in [6.07, 6.45) is 4.36. The van der Waals surface area contributed by atoms with E-state index in [2.05, 4.69) is 20.1 Å². The van der Waals surface area contributed by atoms with Crippen LogP contribution in [-0.2, 0) is 14.3 Å². The van der Waals surface area contributed by atoms with Gasteiger partial charge in [-0.15, -0.1) is 0 Å². The molecule has 0 aromatic carbocycles. The summed E-state index contributed by atoms with van der Waals surface area (Å²) < 4.78 is 10.8. The van der Waals surface area contributed by atoms with E-state index in [1.165, 1.54) is 6.26 Å². The first-order valence-electron chi connectivity index (χ1n) is 5.80. The van der Waals surface area contributed by atoms with Gasteiger partial charge in [-0.3, -0.25) is 0 Å². The Balaban J connectivity index is 4.66. The van der Waals surface area contributed by atoms with Gasteiger partial charge in [0.05, 0.1) is 17.3 Å². The van der Waals surface area contributed by atoms with Gasteiger partial charge >= 0.3 is 5.97 Å². The van der Waals surface area contributed by atoms with E-state index in [0.717, 1.165) is 18.9 Å². The maximum Gasteiger partial charge on any atom is 0.329 e. The molecule has 4 heteroatoms. The van der Waals surface area contributed by atoms with E-state index in [9.17, 15) is 4.79 Å². The normalized spacial score (nSPS) is 14.4. The lowest BCUT2D eigenvalue weighted by Crippen LogP contribution is -2.48. The Bertz CT molecular complexity index is 286. The summed E-state index contributed by atoms with van der Waals surface area (Å²) in [4.78, 5) is 11.2. The predicted molar refractivity (Wildman–Crippen MR) is 70.7 cm³/mol. The summed E-state index contributed by atoms with van der Waals surface area (Å²) in [5, 5.41) is 0. The van der Waals surface area contributed by atoms with Gasteiger partial charge in [-0.25, -0.2) is 4.79 Å². The van der Waals surface area contributed by atoms with Gasteiger partial charge in [0.2, 0.25) is 7.28 Å². The molecule has 17 heavy (non-hydrogen) atoms. The van der Waals surface area contributed by atoms with Crippen molar-refractivity contribution >= 4 is 13.2 Å². The molecule has 0 aromatic heterocycles. The summed E-state index contributed by atoms with van der Waals surface area (Å²) in [5.41, 5.74) is -1.19. The number of hydrogen-bond donors (Lipinski definition) is 0. The minimum atomic E-state index is -0.710. The maximum absolute atomic E-state index is 11.2. The number of rotatable bonds is 8. The van der Waals surface area contributed by atoms with Gasteiger partial charge in [0.25, 0.3) is 0 Å². The highest BCUT2D eigenvalue weighted by Crippen LogP contribution is 2.23. The fourth-order valence-corrected chi connectivity index (χ4v) is 1.92. The first-order valence-corrected chi connectivity index (χ1v) is 5.80. The smallest absolute Gasteiger partial charge is 0.329 e. The monoisotopic (exact) mass is 237 g/mol. The van der Waals surface area contributed by atoms with E-state index in [0.29, 0.717) is 0 Å². The Kier molecular flexibility index (Phi) is 6.07. The lowest BCUT2D eigenvalue weighted by atomic mass is 9.49. The average molecular weight is 237 g/mol.